The van der Waals surface area contributed by atoms with Crippen LogP contribution in [-0.2, 0) is 10.0 Å². The number of anilines is 1. The van der Waals surface area contributed by atoms with Crippen LogP contribution in [-0.4, -0.2) is 25.8 Å². The molecule has 0 aromatic carbocycles. The first-order valence-electron chi connectivity index (χ1n) is 6.21. The van der Waals surface area contributed by atoms with E-state index in [0.717, 1.165) is 19.3 Å². The number of piperidine rings is 1. The average molecular weight is 288 g/mol. The van der Waals surface area contributed by atoms with Crippen molar-refractivity contribution in [2.45, 2.75) is 37.3 Å². The predicted molar refractivity (Wildman–Crippen MR) is 75.1 cm³/mol. The van der Waals surface area contributed by atoms with Gasteiger partial charge in [0, 0.05) is 24.2 Å². The zero-order chi connectivity index (χ0) is 13.4. The van der Waals surface area contributed by atoms with E-state index >= 15 is 0 Å². The molecule has 0 atom stereocenters. The fraction of sp³-hybridized carbons (Fsp3) is 0.667. The highest BCUT2D eigenvalue weighted by Crippen LogP contribution is 2.36. The minimum Gasteiger partial charge on any atom is -0.398 e. The molecular weight excluding hydrogens is 268 g/mol. The Labute approximate surface area is 113 Å². The molecule has 0 unspecified atom stereocenters. The summed E-state index contributed by atoms with van der Waals surface area (Å²) < 4.78 is 26.7. The number of sulfonamides is 1. The zero-order valence-corrected chi connectivity index (χ0v) is 12.5. The van der Waals surface area contributed by atoms with Gasteiger partial charge in [-0.2, -0.15) is 4.31 Å². The molecule has 2 N–H and O–H groups in total. The highest BCUT2D eigenvalue weighted by molar-refractivity contribution is 7.91. The fourth-order valence-electron chi connectivity index (χ4n) is 2.21. The van der Waals surface area contributed by atoms with Crippen molar-refractivity contribution in [2.24, 2.45) is 5.41 Å². The Kier molecular flexibility index (Phi) is 3.71. The van der Waals surface area contributed by atoms with Crippen molar-refractivity contribution in [3.63, 3.8) is 0 Å². The molecule has 0 spiro atoms. The van der Waals surface area contributed by atoms with Crippen LogP contribution in [0.5, 0.6) is 0 Å². The van der Waals surface area contributed by atoms with Gasteiger partial charge in [-0.15, -0.1) is 11.3 Å². The standard InChI is InChI=1S/C12H20N2O2S2/c1-3-12(2)4-6-14(7-5-12)18(15,16)11-8-10(13)9-17-11/h8-9H,3-7,13H2,1-2H3. The maximum Gasteiger partial charge on any atom is 0.252 e. The van der Waals surface area contributed by atoms with Crippen molar-refractivity contribution in [3.05, 3.63) is 11.4 Å². The number of hydrogen-bond donors (Lipinski definition) is 1. The Morgan fingerprint density at radius 1 is 1.44 bits per heavy atom. The minimum atomic E-state index is -3.33. The number of nitrogens with two attached hydrogens (primary N) is 1. The maximum atomic E-state index is 12.4. The molecule has 0 aliphatic carbocycles. The van der Waals surface area contributed by atoms with E-state index in [4.69, 9.17) is 5.73 Å². The lowest BCUT2D eigenvalue weighted by atomic mass is 9.79. The van der Waals surface area contributed by atoms with Gasteiger partial charge in [0.05, 0.1) is 0 Å². The molecule has 1 saturated heterocycles. The van der Waals surface area contributed by atoms with Crippen molar-refractivity contribution in [1.82, 2.24) is 4.31 Å². The summed E-state index contributed by atoms with van der Waals surface area (Å²) in [6, 6.07) is 1.55. The Bertz CT molecular complexity index is 514. The molecule has 18 heavy (non-hydrogen) atoms. The molecule has 1 aliphatic rings. The molecule has 4 nitrogen and oxygen atoms in total. The molecule has 1 aliphatic heterocycles. The Hall–Kier alpha value is -0.590. The van der Waals surface area contributed by atoms with Crippen LogP contribution in [0.1, 0.15) is 33.1 Å². The second-order valence-electron chi connectivity index (χ2n) is 5.27. The van der Waals surface area contributed by atoms with Gasteiger partial charge in [0.25, 0.3) is 10.0 Å². The van der Waals surface area contributed by atoms with Gasteiger partial charge in [-0.25, -0.2) is 8.42 Å². The lowest BCUT2D eigenvalue weighted by Gasteiger charge is -2.37. The molecule has 102 valence electrons. The van der Waals surface area contributed by atoms with Gasteiger partial charge in [-0.1, -0.05) is 20.3 Å². The number of nitrogen functional groups attached to an aromatic ring is 1. The number of thiophene rings is 1. The SMILES string of the molecule is CCC1(C)CCN(S(=O)(=O)c2cc(N)cs2)CC1. The first-order valence-corrected chi connectivity index (χ1v) is 8.53. The molecule has 0 radical (unpaired) electrons. The third-order valence-corrected chi connectivity index (χ3v) is 7.30. The molecule has 1 aromatic heterocycles. The van der Waals surface area contributed by atoms with Gasteiger partial charge in [0.1, 0.15) is 4.21 Å². The molecule has 1 fully saturated rings. The van der Waals surface area contributed by atoms with E-state index in [1.807, 2.05) is 0 Å². The van der Waals surface area contributed by atoms with Crippen molar-refractivity contribution in [2.75, 3.05) is 18.8 Å². The van der Waals surface area contributed by atoms with E-state index < -0.39 is 10.0 Å². The Balaban J connectivity index is 2.14. The molecule has 2 heterocycles. The van der Waals surface area contributed by atoms with Gasteiger partial charge in [0.15, 0.2) is 0 Å². The van der Waals surface area contributed by atoms with E-state index in [2.05, 4.69) is 13.8 Å². The van der Waals surface area contributed by atoms with Crippen LogP contribution < -0.4 is 5.73 Å². The molecular formula is C12H20N2O2S2. The van der Waals surface area contributed by atoms with E-state index in [-0.39, 0.29) is 0 Å². The quantitative estimate of drug-likeness (QED) is 0.929. The van der Waals surface area contributed by atoms with Gasteiger partial charge in [-0.05, 0) is 24.3 Å². The molecule has 1 aromatic rings. The Morgan fingerprint density at radius 2 is 2.06 bits per heavy atom. The van der Waals surface area contributed by atoms with Crippen LogP contribution in [0.15, 0.2) is 15.7 Å². The van der Waals surface area contributed by atoms with Crippen LogP contribution in [0.4, 0.5) is 5.69 Å². The van der Waals surface area contributed by atoms with Crippen LogP contribution in [0.25, 0.3) is 0 Å². The largest absolute Gasteiger partial charge is 0.398 e. The second-order valence-corrected chi connectivity index (χ2v) is 8.34. The average Bonchev–Trinajstić information content (AvgIpc) is 2.77. The lowest BCUT2D eigenvalue weighted by Crippen LogP contribution is -2.41. The Morgan fingerprint density at radius 3 is 2.50 bits per heavy atom. The van der Waals surface area contributed by atoms with E-state index in [0.29, 0.717) is 28.4 Å². The van der Waals surface area contributed by atoms with Gasteiger partial charge in [-0.3, -0.25) is 0 Å². The van der Waals surface area contributed by atoms with E-state index in [9.17, 15) is 8.42 Å². The highest BCUT2D eigenvalue weighted by Gasteiger charge is 2.34. The van der Waals surface area contributed by atoms with Crippen molar-refractivity contribution < 1.29 is 8.42 Å². The van der Waals surface area contributed by atoms with Crippen LogP contribution in [0, 0.1) is 5.41 Å². The summed E-state index contributed by atoms with van der Waals surface area (Å²) in [5.41, 5.74) is 6.41. The molecule has 0 saturated carbocycles. The maximum absolute atomic E-state index is 12.4. The minimum absolute atomic E-state index is 0.292. The summed E-state index contributed by atoms with van der Waals surface area (Å²) in [4.78, 5) is 0. The number of hydrogen-bond acceptors (Lipinski definition) is 4. The van der Waals surface area contributed by atoms with E-state index in [1.54, 1.807) is 15.8 Å². The van der Waals surface area contributed by atoms with Crippen LogP contribution in [0.3, 0.4) is 0 Å². The third-order valence-electron chi connectivity index (χ3n) is 3.97. The van der Waals surface area contributed by atoms with Crippen molar-refractivity contribution in [1.29, 1.82) is 0 Å². The summed E-state index contributed by atoms with van der Waals surface area (Å²) in [5.74, 6) is 0. The monoisotopic (exact) mass is 288 g/mol. The number of rotatable bonds is 3. The first-order chi connectivity index (χ1) is 8.37. The summed E-state index contributed by atoms with van der Waals surface area (Å²) in [5, 5.41) is 1.67. The van der Waals surface area contributed by atoms with Gasteiger partial charge < -0.3 is 5.73 Å². The van der Waals surface area contributed by atoms with Crippen LogP contribution in [0.2, 0.25) is 0 Å². The lowest BCUT2D eigenvalue weighted by molar-refractivity contribution is 0.169. The van der Waals surface area contributed by atoms with Crippen LogP contribution >= 0.6 is 11.3 Å². The second kappa shape index (κ2) is 4.83. The molecule has 2 rings (SSSR count). The molecule has 6 heteroatoms. The normalized spacial score (nSPS) is 21.0. The summed E-state index contributed by atoms with van der Waals surface area (Å²) in [6.07, 6.45) is 2.97. The topological polar surface area (TPSA) is 63.4 Å². The summed E-state index contributed by atoms with van der Waals surface area (Å²) in [7, 11) is -3.33. The van der Waals surface area contributed by atoms with Gasteiger partial charge >= 0.3 is 0 Å². The smallest absolute Gasteiger partial charge is 0.252 e. The third kappa shape index (κ3) is 2.55. The first kappa shape index (κ1) is 13.8. The van der Waals surface area contributed by atoms with Crippen molar-refractivity contribution >= 4 is 27.0 Å². The van der Waals surface area contributed by atoms with Gasteiger partial charge in [0.2, 0.25) is 0 Å². The molecule has 0 bridgehead atoms. The molecule has 0 amide bonds. The summed E-state index contributed by atoms with van der Waals surface area (Å²) >= 11 is 1.20. The predicted octanol–water partition coefficient (Wildman–Crippen LogP) is 2.53. The highest BCUT2D eigenvalue weighted by atomic mass is 32.2. The number of nitrogens with zero attached hydrogens (tertiary/aromatic N) is 1. The van der Waals surface area contributed by atoms with Crippen molar-refractivity contribution in [3.8, 4) is 0 Å². The summed E-state index contributed by atoms with van der Waals surface area (Å²) in [6.45, 7) is 5.64. The van der Waals surface area contributed by atoms with E-state index in [1.165, 1.54) is 11.3 Å². The zero-order valence-electron chi connectivity index (χ0n) is 10.8. The fourth-order valence-corrected chi connectivity index (χ4v) is 4.89.